The number of hydrogen-bond donors (Lipinski definition) is 1. The minimum absolute atomic E-state index is 0.328. The quantitative estimate of drug-likeness (QED) is 0.671. The van der Waals surface area contributed by atoms with Gasteiger partial charge in [0.1, 0.15) is 13.2 Å². The molecule has 0 radical (unpaired) electrons. The van der Waals surface area contributed by atoms with Crippen molar-refractivity contribution in [2.45, 2.75) is 13.0 Å². The number of nitrogens with one attached hydrogen (secondary N) is 1. The topological polar surface area (TPSA) is 69.2 Å². The predicted molar refractivity (Wildman–Crippen MR) is 94.0 cm³/mol. The summed E-state index contributed by atoms with van der Waals surface area (Å²) in [6.45, 7) is 2.89. The number of rotatable bonds is 5. The van der Waals surface area contributed by atoms with E-state index in [9.17, 15) is 4.79 Å². The van der Waals surface area contributed by atoms with E-state index in [0.717, 1.165) is 16.9 Å². The van der Waals surface area contributed by atoms with Gasteiger partial charge in [0, 0.05) is 12.7 Å². The van der Waals surface area contributed by atoms with Gasteiger partial charge >= 0.3 is 0 Å². The Labute approximate surface area is 146 Å². The third-order valence-electron chi connectivity index (χ3n) is 3.87. The Hall–Kier alpha value is -2.86. The minimum atomic E-state index is -0.710. The molecule has 0 saturated carbocycles. The van der Waals surface area contributed by atoms with E-state index in [-0.39, 0.29) is 5.91 Å². The van der Waals surface area contributed by atoms with Crippen LogP contribution in [0.1, 0.15) is 24.2 Å². The Morgan fingerprint density at radius 2 is 1.84 bits per heavy atom. The molecule has 0 aliphatic carbocycles. The van der Waals surface area contributed by atoms with Crippen molar-refractivity contribution in [2.24, 2.45) is 5.10 Å². The molecule has 130 valence electrons. The van der Waals surface area contributed by atoms with Gasteiger partial charge in [-0.1, -0.05) is 30.3 Å². The number of benzene rings is 2. The second-order valence-corrected chi connectivity index (χ2v) is 5.56. The van der Waals surface area contributed by atoms with Crippen LogP contribution in [0, 0.1) is 0 Å². The zero-order chi connectivity index (χ0) is 17.6. The summed E-state index contributed by atoms with van der Waals surface area (Å²) in [5, 5.41) is 4.18. The average Bonchev–Trinajstić information content (AvgIpc) is 2.67. The fourth-order valence-corrected chi connectivity index (χ4v) is 2.55. The van der Waals surface area contributed by atoms with Gasteiger partial charge in [-0.25, -0.2) is 5.43 Å². The van der Waals surface area contributed by atoms with Gasteiger partial charge in [-0.05, 0) is 30.7 Å². The van der Waals surface area contributed by atoms with Crippen LogP contribution >= 0.6 is 0 Å². The molecule has 2 aromatic carbocycles. The third-order valence-corrected chi connectivity index (χ3v) is 3.87. The standard InChI is InChI=1S/C19H20N2O4/c1-13(15-8-9-16-17(12-15)25-11-10-24-16)20-21-19(22)18(23-2)14-6-4-3-5-7-14/h3-9,12,18H,10-11H2,1-2H3,(H,21,22)/b20-13-/t18-/m0/s1. The maximum Gasteiger partial charge on any atom is 0.273 e. The van der Waals surface area contributed by atoms with Gasteiger partial charge in [0.05, 0.1) is 5.71 Å². The average molecular weight is 340 g/mol. The van der Waals surface area contributed by atoms with E-state index >= 15 is 0 Å². The molecule has 1 aliphatic heterocycles. The van der Waals surface area contributed by atoms with Gasteiger partial charge in [-0.3, -0.25) is 4.79 Å². The Bertz CT molecular complexity index is 774. The number of fused-ring (bicyclic) bond motifs is 1. The summed E-state index contributed by atoms with van der Waals surface area (Å²) < 4.78 is 16.4. The summed E-state index contributed by atoms with van der Waals surface area (Å²) in [7, 11) is 1.49. The first-order valence-electron chi connectivity index (χ1n) is 8.01. The second kappa shape index (κ2) is 7.81. The molecule has 2 aromatic rings. The third kappa shape index (κ3) is 3.97. The molecule has 0 unspecified atom stereocenters. The van der Waals surface area contributed by atoms with Gasteiger partial charge in [-0.2, -0.15) is 5.10 Å². The molecule has 0 spiro atoms. The highest BCUT2D eigenvalue weighted by Gasteiger charge is 2.19. The van der Waals surface area contributed by atoms with Crippen LogP contribution in [0.5, 0.6) is 11.5 Å². The molecule has 1 amide bonds. The van der Waals surface area contributed by atoms with Gasteiger partial charge in [0.2, 0.25) is 0 Å². The lowest BCUT2D eigenvalue weighted by atomic mass is 10.1. The van der Waals surface area contributed by atoms with Crippen LogP contribution < -0.4 is 14.9 Å². The van der Waals surface area contributed by atoms with Crippen molar-refractivity contribution >= 4 is 11.6 Å². The van der Waals surface area contributed by atoms with Crippen LogP contribution in [0.25, 0.3) is 0 Å². The molecule has 0 aromatic heterocycles. The minimum Gasteiger partial charge on any atom is -0.486 e. The molecule has 25 heavy (non-hydrogen) atoms. The lowest BCUT2D eigenvalue weighted by Gasteiger charge is -2.19. The fraction of sp³-hybridized carbons (Fsp3) is 0.263. The molecule has 1 atom stereocenters. The monoisotopic (exact) mass is 340 g/mol. The van der Waals surface area contributed by atoms with Crippen molar-refractivity contribution in [3.63, 3.8) is 0 Å². The number of nitrogens with zero attached hydrogens (tertiary/aromatic N) is 1. The largest absolute Gasteiger partial charge is 0.486 e. The zero-order valence-corrected chi connectivity index (χ0v) is 14.2. The van der Waals surface area contributed by atoms with Gasteiger partial charge < -0.3 is 14.2 Å². The lowest BCUT2D eigenvalue weighted by molar-refractivity contribution is -0.131. The van der Waals surface area contributed by atoms with Crippen LogP contribution in [0.4, 0.5) is 0 Å². The van der Waals surface area contributed by atoms with E-state index < -0.39 is 6.10 Å². The van der Waals surface area contributed by atoms with Crippen molar-refractivity contribution < 1.29 is 19.0 Å². The second-order valence-electron chi connectivity index (χ2n) is 5.56. The van der Waals surface area contributed by atoms with Gasteiger partial charge in [-0.15, -0.1) is 0 Å². The van der Waals surface area contributed by atoms with E-state index in [1.807, 2.05) is 55.5 Å². The number of methoxy groups -OCH3 is 1. The van der Waals surface area contributed by atoms with E-state index in [1.165, 1.54) is 7.11 Å². The van der Waals surface area contributed by atoms with Crippen molar-refractivity contribution in [1.29, 1.82) is 0 Å². The molecule has 1 heterocycles. The Balaban J connectivity index is 1.71. The maximum atomic E-state index is 12.4. The van der Waals surface area contributed by atoms with E-state index in [0.29, 0.717) is 24.7 Å². The first kappa shape index (κ1) is 17.0. The van der Waals surface area contributed by atoms with E-state index in [4.69, 9.17) is 14.2 Å². The maximum absolute atomic E-state index is 12.4. The Morgan fingerprint density at radius 3 is 2.56 bits per heavy atom. The normalized spacial score (nSPS) is 14.7. The molecule has 0 saturated heterocycles. The number of ether oxygens (including phenoxy) is 3. The highest BCUT2D eigenvalue weighted by atomic mass is 16.6. The number of hydrogen-bond acceptors (Lipinski definition) is 5. The predicted octanol–water partition coefficient (Wildman–Crippen LogP) is 2.69. The number of carbonyl (C=O) groups is 1. The van der Waals surface area contributed by atoms with Crippen LogP contribution in [-0.4, -0.2) is 31.9 Å². The molecular formula is C19H20N2O4. The van der Waals surface area contributed by atoms with Crippen molar-refractivity contribution in [3.05, 3.63) is 59.7 Å². The fourth-order valence-electron chi connectivity index (χ4n) is 2.55. The van der Waals surface area contributed by atoms with Crippen LogP contribution in [0.15, 0.2) is 53.6 Å². The highest BCUT2D eigenvalue weighted by Crippen LogP contribution is 2.30. The Kier molecular flexibility index (Phi) is 5.30. The zero-order valence-electron chi connectivity index (χ0n) is 14.2. The summed E-state index contributed by atoms with van der Waals surface area (Å²) in [4.78, 5) is 12.4. The van der Waals surface area contributed by atoms with E-state index in [2.05, 4.69) is 10.5 Å². The number of carbonyl (C=O) groups excluding carboxylic acids is 1. The van der Waals surface area contributed by atoms with Gasteiger partial charge in [0.15, 0.2) is 17.6 Å². The summed E-state index contributed by atoms with van der Waals surface area (Å²) in [6.07, 6.45) is -0.710. The van der Waals surface area contributed by atoms with Crippen molar-refractivity contribution in [2.75, 3.05) is 20.3 Å². The van der Waals surface area contributed by atoms with Crippen LogP contribution in [0.2, 0.25) is 0 Å². The lowest BCUT2D eigenvalue weighted by Crippen LogP contribution is -2.27. The molecule has 1 aliphatic rings. The first-order chi connectivity index (χ1) is 12.2. The van der Waals surface area contributed by atoms with Crippen molar-refractivity contribution in [3.8, 4) is 11.5 Å². The molecule has 3 rings (SSSR count). The smallest absolute Gasteiger partial charge is 0.273 e. The van der Waals surface area contributed by atoms with Crippen LogP contribution in [0.3, 0.4) is 0 Å². The SMILES string of the molecule is CO[C@H](C(=O)N/N=C(/C)c1ccc2c(c1)OCCO2)c1ccccc1. The Morgan fingerprint density at radius 1 is 1.12 bits per heavy atom. The molecule has 0 bridgehead atoms. The molecule has 6 heteroatoms. The van der Waals surface area contributed by atoms with Crippen LogP contribution in [-0.2, 0) is 9.53 Å². The van der Waals surface area contributed by atoms with Gasteiger partial charge in [0.25, 0.3) is 5.91 Å². The summed E-state index contributed by atoms with van der Waals surface area (Å²) in [5.74, 6) is 1.07. The number of hydrazone groups is 1. The summed E-state index contributed by atoms with van der Waals surface area (Å²) in [6, 6.07) is 14.9. The first-order valence-corrected chi connectivity index (χ1v) is 8.01. The summed E-state index contributed by atoms with van der Waals surface area (Å²) in [5.41, 5.74) is 4.84. The summed E-state index contributed by atoms with van der Waals surface area (Å²) >= 11 is 0. The molecule has 6 nitrogen and oxygen atoms in total. The molecule has 1 N–H and O–H groups in total. The number of amides is 1. The molecule has 0 fully saturated rings. The molecular weight excluding hydrogens is 320 g/mol. The van der Waals surface area contributed by atoms with E-state index in [1.54, 1.807) is 0 Å². The highest BCUT2D eigenvalue weighted by molar-refractivity contribution is 6.00. The van der Waals surface area contributed by atoms with Crippen molar-refractivity contribution in [1.82, 2.24) is 5.43 Å².